The summed E-state index contributed by atoms with van der Waals surface area (Å²) in [7, 11) is 1.56. The van der Waals surface area contributed by atoms with E-state index in [1.807, 2.05) is 13.0 Å². The molecule has 0 atom stereocenters. The number of rotatable bonds is 5. The minimum Gasteiger partial charge on any atom is -0.481 e. The molecule has 1 heterocycles. The van der Waals surface area contributed by atoms with Gasteiger partial charge in [-0.1, -0.05) is 6.07 Å². The summed E-state index contributed by atoms with van der Waals surface area (Å²) in [5.74, 6) is 1.04. The summed E-state index contributed by atoms with van der Waals surface area (Å²) >= 11 is 0. The molecule has 2 aromatic rings. The fraction of sp³-hybridized carbons (Fsp3) is 0.286. The van der Waals surface area contributed by atoms with Crippen LogP contribution < -0.4 is 10.1 Å². The normalized spacial score (nSPS) is 10.3. The van der Waals surface area contributed by atoms with Crippen molar-refractivity contribution < 1.29 is 9.13 Å². The lowest BCUT2D eigenvalue weighted by atomic mass is 10.1. The number of aryl methyl sites for hydroxylation is 1. The van der Waals surface area contributed by atoms with E-state index in [0.717, 1.165) is 17.5 Å². The molecule has 0 aliphatic rings. The van der Waals surface area contributed by atoms with Crippen molar-refractivity contribution in [1.82, 2.24) is 9.97 Å². The van der Waals surface area contributed by atoms with E-state index in [2.05, 4.69) is 15.3 Å². The Hall–Kier alpha value is -2.17. The van der Waals surface area contributed by atoms with E-state index in [4.69, 9.17) is 4.74 Å². The Labute approximate surface area is 111 Å². The van der Waals surface area contributed by atoms with Gasteiger partial charge in [-0.05, 0) is 36.6 Å². The second kappa shape index (κ2) is 6.13. The maximum Gasteiger partial charge on any atom is 0.218 e. The molecule has 0 fully saturated rings. The predicted octanol–water partition coefficient (Wildman–Crippen LogP) is 2.59. The molecule has 0 saturated carbocycles. The summed E-state index contributed by atoms with van der Waals surface area (Å²) in [6.45, 7) is 2.62. The molecule has 0 bridgehead atoms. The van der Waals surface area contributed by atoms with Gasteiger partial charge < -0.3 is 10.1 Å². The Morgan fingerprint density at radius 2 is 2.11 bits per heavy atom. The molecule has 0 saturated heterocycles. The number of ether oxygens (including phenoxy) is 1. The summed E-state index contributed by atoms with van der Waals surface area (Å²) in [5.41, 5.74) is 2.08. The van der Waals surface area contributed by atoms with Gasteiger partial charge >= 0.3 is 0 Å². The first-order valence-corrected chi connectivity index (χ1v) is 6.04. The number of aromatic nitrogens is 2. The Morgan fingerprint density at radius 3 is 2.84 bits per heavy atom. The van der Waals surface area contributed by atoms with Crippen LogP contribution in [0.1, 0.15) is 11.1 Å². The molecule has 2 rings (SSSR count). The van der Waals surface area contributed by atoms with Crippen LogP contribution in [0.4, 0.5) is 10.2 Å². The van der Waals surface area contributed by atoms with Crippen LogP contribution in [0.3, 0.4) is 0 Å². The number of benzene rings is 1. The van der Waals surface area contributed by atoms with E-state index in [1.54, 1.807) is 19.2 Å². The first-order valence-electron chi connectivity index (χ1n) is 6.04. The number of methoxy groups -OCH3 is 1. The number of halogens is 1. The molecule has 19 heavy (non-hydrogen) atoms. The van der Waals surface area contributed by atoms with Gasteiger partial charge in [-0.15, -0.1) is 0 Å². The maximum atomic E-state index is 13.0. The summed E-state index contributed by atoms with van der Waals surface area (Å²) in [6, 6.07) is 6.57. The van der Waals surface area contributed by atoms with Crippen molar-refractivity contribution in [3.8, 4) is 5.88 Å². The number of anilines is 1. The standard InChI is InChI=1S/C14H16FN3O/c1-10-7-12(15)4-3-11(10)5-6-16-13-8-14(19-2)18-9-17-13/h3-4,7-9H,5-6H2,1-2H3,(H,16,17,18). The predicted molar refractivity (Wildman–Crippen MR) is 71.9 cm³/mol. The fourth-order valence-corrected chi connectivity index (χ4v) is 1.81. The molecule has 0 amide bonds. The molecule has 4 nitrogen and oxygen atoms in total. The van der Waals surface area contributed by atoms with Crippen LogP contribution in [0, 0.1) is 12.7 Å². The average molecular weight is 261 g/mol. The minimum atomic E-state index is -0.199. The Morgan fingerprint density at radius 1 is 1.26 bits per heavy atom. The highest BCUT2D eigenvalue weighted by Gasteiger charge is 2.01. The van der Waals surface area contributed by atoms with Gasteiger partial charge in [0.05, 0.1) is 7.11 Å². The summed E-state index contributed by atoms with van der Waals surface area (Å²) in [6.07, 6.45) is 2.25. The zero-order valence-corrected chi connectivity index (χ0v) is 11.0. The van der Waals surface area contributed by atoms with Crippen LogP contribution in [0.5, 0.6) is 5.88 Å². The van der Waals surface area contributed by atoms with Gasteiger partial charge in [-0.2, -0.15) is 0 Å². The minimum absolute atomic E-state index is 0.199. The van der Waals surface area contributed by atoms with Crippen molar-refractivity contribution in [2.75, 3.05) is 19.0 Å². The van der Waals surface area contributed by atoms with Crippen LogP contribution in [0.2, 0.25) is 0 Å². The molecular weight excluding hydrogens is 245 g/mol. The molecule has 0 aliphatic heterocycles. The number of nitrogens with one attached hydrogen (secondary N) is 1. The summed E-state index contributed by atoms with van der Waals surface area (Å²) in [5, 5.41) is 3.18. The van der Waals surface area contributed by atoms with Crippen molar-refractivity contribution >= 4 is 5.82 Å². The first kappa shape index (κ1) is 13.3. The van der Waals surface area contributed by atoms with E-state index >= 15 is 0 Å². The van der Waals surface area contributed by atoms with Crippen LogP contribution in [-0.2, 0) is 6.42 Å². The monoisotopic (exact) mass is 261 g/mol. The van der Waals surface area contributed by atoms with Gasteiger partial charge in [0.15, 0.2) is 0 Å². The lowest BCUT2D eigenvalue weighted by Gasteiger charge is -2.08. The van der Waals surface area contributed by atoms with Crippen molar-refractivity contribution in [2.24, 2.45) is 0 Å². The highest BCUT2D eigenvalue weighted by Crippen LogP contribution is 2.12. The molecule has 0 unspecified atom stereocenters. The number of hydrogen-bond acceptors (Lipinski definition) is 4. The molecular formula is C14H16FN3O. The molecule has 5 heteroatoms. The second-order valence-corrected chi connectivity index (χ2v) is 4.19. The average Bonchev–Trinajstić information content (AvgIpc) is 2.41. The molecule has 1 N–H and O–H groups in total. The topological polar surface area (TPSA) is 47.0 Å². The molecule has 100 valence electrons. The third-order valence-corrected chi connectivity index (χ3v) is 2.86. The van der Waals surface area contributed by atoms with Crippen LogP contribution in [-0.4, -0.2) is 23.6 Å². The van der Waals surface area contributed by atoms with E-state index in [9.17, 15) is 4.39 Å². The third-order valence-electron chi connectivity index (χ3n) is 2.86. The van der Waals surface area contributed by atoms with Gasteiger partial charge in [0.2, 0.25) is 5.88 Å². The Kier molecular flexibility index (Phi) is 4.28. The Balaban J connectivity index is 1.92. The molecule has 0 aliphatic carbocycles. The maximum absolute atomic E-state index is 13.0. The lowest BCUT2D eigenvalue weighted by molar-refractivity contribution is 0.397. The molecule has 0 spiro atoms. The molecule has 1 aromatic heterocycles. The smallest absolute Gasteiger partial charge is 0.218 e. The molecule has 1 aromatic carbocycles. The van der Waals surface area contributed by atoms with Gasteiger partial charge in [0.25, 0.3) is 0 Å². The fourth-order valence-electron chi connectivity index (χ4n) is 1.81. The number of nitrogens with zero attached hydrogens (tertiary/aromatic N) is 2. The van der Waals surface area contributed by atoms with Crippen LogP contribution in [0.15, 0.2) is 30.6 Å². The van der Waals surface area contributed by atoms with E-state index < -0.39 is 0 Å². The van der Waals surface area contributed by atoms with Crippen LogP contribution in [0.25, 0.3) is 0 Å². The van der Waals surface area contributed by atoms with E-state index in [-0.39, 0.29) is 5.82 Å². The van der Waals surface area contributed by atoms with Crippen molar-refractivity contribution in [1.29, 1.82) is 0 Å². The van der Waals surface area contributed by atoms with Gasteiger partial charge in [-0.25, -0.2) is 14.4 Å². The highest BCUT2D eigenvalue weighted by molar-refractivity contribution is 5.37. The lowest BCUT2D eigenvalue weighted by Crippen LogP contribution is -2.07. The van der Waals surface area contributed by atoms with E-state index in [1.165, 1.54) is 12.4 Å². The highest BCUT2D eigenvalue weighted by atomic mass is 19.1. The zero-order chi connectivity index (χ0) is 13.7. The van der Waals surface area contributed by atoms with Gasteiger partial charge in [0.1, 0.15) is 18.0 Å². The largest absolute Gasteiger partial charge is 0.481 e. The summed E-state index contributed by atoms with van der Waals surface area (Å²) in [4.78, 5) is 8.03. The van der Waals surface area contributed by atoms with Crippen molar-refractivity contribution in [3.63, 3.8) is 0 Å². The second-order valence-electron chi connectivity index (χ2n) is 4.19. The first-order chi connectivity index (χ1) is 9.19. The van der Waals surface area contributed by atoms with Crippen molar-refractivity contribution in [3.05, 3.63) is 47.5 Å². The third kappa shape index (κ3) is 3.64. The van der Waals surface area contributed by atoms with Crippen LogP contribution >= 0.6 is 0 Å². The summed E-state index contributed by atoms with van der Waals surface area (Å²) < 4.78 is 18.0. The van der Waals surface area contributed by atoms with Gasteiger partial charge in [-0.3, -0.25) is 0 Å². The SMILES string of the molecule is COc1cc(NCCc2ccc(F)cc2C)ncn1. The van der Waals surface area contributed by atoms with E-state index in [0.29, 0.717) is 18.2 Å². The zero-order valence-electron chi connectivity index (χ0n) is 11.0. The Bertz CT molecular complexity index is 560. The molecule has 0 radical (unpaired) electrons. The quantitative estimate of drug-likeness (QED) is 0.898. The van der Waals surface area contributed by atoms with Crippen molar-refractivity contribution in [2.45, 2.75) is 13.3 Å². The number of hydrogen-bond donors (Lipinski definition) is 1. The van der Waals surface area contributed by atoms with Gasteiger partial charge in [0, 0.05) is 12.6 Å².